The lowest BCUT2D eigenvalue weighted by atomic mass is 10.2. The second kappa shape index (κ2) is 5.15. The Hall–Kier alpha value is -1.61. The van der Waals surface area contributed by atoms with Crippen LogP contribution in [0.15, 0.2) is 36.8 Å². The van der Waals surface area contributed by atoms with E-state index < -0.39 is 0 Å². The van der Waals surface area contributed by atoms with Gasteiger partial charge in [0.05, 0.1) is 0 Å². The van der Waals surface area contributed by atoms with Crippen molar-refractivity contribution >= 4 is 0 Å². The Balaban J connectivity index is 2.16. The molecule has 0 saturated heterocycles. The lowest BCUT2D eigenvalue weighted by Crippen LogP contribution is -2.20. The van der Waals surface area contributed by atoms with Gasteiger partial charge in [-0.05, 0) is 37.1 Å². The second-order valence-corrected chi connectivity index (χ2v) is 4.68. The SMILES string of the molecule is Cc1cncc(Cn2cccc2CC(C)N)c1. The minimum absolute atomic E-state index is 0.194. The molecule has 0 radical (unpaired) electrons. The third-order valence-electron chi connectivity index (χ3n) is 2.74. The van der Waals surface area contributed by atoms with Crippen molar-refractivity contribution in [1.82, 2.24) is 9.55 Å². The van der Waals surface area contributed by atoms with Crippen molar-refractivity contribution in [1.29, 1.82) is 0 Å². The lowest BCUT2D eigenvalue weighted by molar-refractivity contribution is 0.665. The summed E-state index contributed by atoms with van der Waals surface area (Å²) >= 11 is 0. The van der Waals surface area contributed by atoms with E-state index in [9.17, 15) is 0 Å². The molecule has 90 valence electrons. The van der Waals surface area contributed by atoms with Crippen molar-refractivity contribution < 1.29 is 0 Å². The van der Waals surface area contributed by atoms with E-state index >= 15 is 0 Å². The molecule has 0 aliphatic heterocycles. The maximum Gasteiger partial charge on any atom is 0.0488 e. The Kier molecular flexibility index (Phi) is 3.59. The number of rotatable bonds is 4. The molecule has 2 heterocycles. The lowest BCUT2D eigenvalue weighted by Gasteiger charge is -2.11. The predicted molar refractivity (Wildman–Crippen MR) is 69.9 cm³/mol. The summed E-state index contributed by atoms with van der Waals surface area (Å²) in [5, 5.41) is 0. The third kappa shape index (κ3) is 3.17. The first-order chi connectivity index (χ1) is 8.15. The van der Waals surface area contributed by atoms with Crippen molar-refractivity contribution in [2.24, 2.45) is 5.73 Å². The molecule has 17 heavy (non-hydrogen) atoms. The summed E-state index contributed by atoms with van der Waals surface area (Å²) < 4.78 is 2.24. The average Bonchev–Trinajstić information content (AvgIpc) is 2.65. The fraction of sp³-hybridized carbons (Fsp3) is 0.357. The van der Waals surface area contributed by atoms with E-state index in [0.717, 1.165) is 13.0 Å². The van der Waals surface area contributed by atoms with E-state index in [1.807, 2.05) is 19.3 Å². The maximum atomic E-state index is 5.84. The number of pyridine rings is 1. The number of nitrogens with zero attached hydrogens (tertiary/aromatic N) is 2. The number of hydrogen-bond donors (Lipinski definition) is 1. The molecule has 0 spiro atoms. The summed E-state index contributed by atoms with van der Waals surface area (Å²) in [5.74, 6) is 0. The highest BCUT2D eigenvalue weighted by Crippen LogP contribution is 2.10. The highest BCUT2D eigenvalue weighted by atomic mass is 15.0. The number of aryl methyl sites for hydroxylation is 1. The molecule has 2 N–H and O–H groups in total. The van der Waals surface area contributed by atoms with Gasteiger partial charge in [0.15, 0.2) is 0 Å². The molecule has 0 bridgehead atoms. The molecule has 0 aliphatic rings. The normalized spacial score (nSPS) is 12.6. The van der Waals surface area contributed by atoms with Gasteiger partial charge in [0.1, 0.15) is 0 Å². The van der Waals surface area contributed by atoms with Crippen LogP contribution in [0.3, 0.4) is 0 Å². The zero-order valence-electron chi connectivity index (χ0n) is 10.4. The van der Waals surface area contributed by atoms with Crippen LogP contribution in [0.4, 0.5) is 0 Å². The molecule has 0 saturated carbocycles. The van der Waals surface area contributed by atoms with Crippen molar-refractivity contribution in [3.8, 4) is 0 Å². The molecule has 0 aromatic carbocycles. The highest BCUT2D eigenvalue weighted by Gasteiger charge is 2.04. The van der Waals surface area contributed by atoms with E-state index in [1.54, 1.807) is 0 Å². The minimum Gasteiger partial charge on any atom is -0.347 e. The Morgan fingerprint density at radius 3 is 2.94 bits per heavy atom. The Morgan fingerprint density at radius 1 is 1.41 bits per heavy atom. The van der Waals surface area contributed by atoms with Crippen LogP contribution in [-0.4, -0.2) is 15.6 Å². The second-order valence-electron chi connectivity index (χ2n) is 4.68. The Bertz CT molecular complexity index is 486. The van der Waals surface area contributed by atoms with Gasteiger partial charge < -0.3 is 10.3 Å². The van der Waals surface area contributed by atoms with Crippen molar-refractivity contribution in [2.75, 3.05) is 0 Å². The van der Waals surface area contributed by atoms with Crippen LogP contribution < -0.4 is 5.73 Å². The van der Waals surface area contributed by atoms with Gasteiger partial charge in [-0.1, -0.05) is 6.07 Å². The first-order valence-corrected chi connectivity index (χ1v) is 5.95. The fourth-order valence-electron chi connectivity index (χ4n) is 2.02. The van der Waals surface area contributed by atoms with Gasteiger partial charge in [-0.25, -0.2) is 0 Å². The van der Waals surface area contributed by atoms with Crippen molar-refractivity contribution in [2.45, 2.75) is 32.9 Å². The largest absolute Gasteiger partial charge is 0.347 e. The van der Waals surface area contributed by atoms with Gasteiger partial charge in [0.2, 0.25) is 0 Å². The summed E-state index contributed by atoms with van der Waals surface area (Å²) in [5.41, 5.74) is 9.55. The molecule has 0 aliphatic carbocycles. The van der Waals surface area contributed by atoms with Gasteiger partial charge in [0.25, 0.3) is 0 Å². The number of hydrogen-bond acceptors (Lipinski definition) is 2. The van der Waals surface area contributed by atoms with Gasteiger partial charge in [0, 0.05) is 43.3 Å². The Morgan fingerprint density at radius 2 is 2.24 bits per heavy atom. The van der Waals surface area contributed by atoms with Crippen LogP contribution in [0, 0.1) is 6.92 Å². The van der Waals surface area contributed by atoms with E-state index in [0.29, 0.717) is 0 Å². The summed E-state index contributed by atoms with van der Waals surface area (Å²) in [6, 6.07) is 6.56. The monoisotopic (exact) mass is 229 g/mol. The fourth-order valence-corrected chi connectivity index (χ4v) is 2.02. The Labute approximate surface area is 102 Å². The van der Waals surface area contributed by atoms with E-state index in [-0.39, 0.29) is 6.04 Å². The summed E-state index contributed by atoms with van der Waals surface area (Å²) in [7, 11) is 0. The quantitative estimate of drug-likeness (QED) is 0.872. The third-order valence-corrected chi connectivity index (χ3v) is 2.74. The molecule has 3 nitrogen and oxygen atoms in total. The standard InChI is InChI=1S/C14H19N3/c1-11-6-13(9-16-8-11)10-17-5-3-4-14(17)7-12(2)15/h3-6,8-9,12H,7,10,15H2,1-2H3. The summed E-state index contributed by atoms with van der Waals surface area (Å²) in [6.07, 6.45) is 6.80. The van der Waals surface area contributed by atoms with Crippen LogP contribution in [0.5, 0.6) is 0 Å². The first kappa shape index (κ1) is 11.9. The number of aromatic nitrogens is 2. The van der Waals surface area contributed by atoms with Crippen LogP contribution in [-0.2, 0) is 13.0 Å². The van der Waals surface area contributed by atoms with Crippen LogP contribution in [0.25, 0.3) is 0 Å². The highest BCUT2D eigenvalue weighted by molar-refractivity contribution is 5.19. The molecule has 0 amide bonds. The van der Waals surface area contributed by atoms with Crippen LogP contribution >= 0.6 is 0 Å². The van der Waals surface area contributed by atoms with E-state index in [1.165, 1.54) is 16.8 Å². The van der Waals surface area contributed by atoms with Gasteiger partial charge >= 0.3 is 0 Å². The maximum absolute atomic E-state index is 5.84. The molecular formula is C14H19N3. The van der Waals surface area contributed by atoms with Gasteiger partial charge in [-0.2, -0.15) is 0 Å². The van der Waals surface area contributed by atoms with Crippen LogP contribution in [0.1, 0.15) is 23.7 Å². The van der Waals surface area contributed by atoms with E-state index in [2.05, 4.69) is 40.9 Å². The molecule has 2 aromatic rings. The van der Waals surface area contributed by atoms with Gasteiger partial charge in [-0.15, -0.1) is 0 Å². The zero-order valence-corrected chi connectivity index (χ0v) is 10.4. The smallest absolute Gasteiger partial charge is 0.0488 e. The van der Waals surface area contributed by atoms with E-state index in [4.69, 9.17) is 5.73 Å². The number of nitrogens with two attached hydrogens (primary N) is 1. The van der Waals surface area contributed by atoms with Crippen molar-refractivity contribution in [3.05, 3.63) is 53.6 Å². The predicted octanol–water partition coefficient (Wildman–Crippen LogP) is 2.13. The zero-order chi connectivity index (χ0) is 12.3. The first-order valence-electron chi connectivity index (χ1n) is 5.95. The molecule has 0 fully saturated rings. The molecule has 3 heteroatoms. The summed E-state index contributed by atoms with van der Waals surface area (Å²) in [4.78, 5) is 4.22. The molecule has 2 aromatic heterocycles. The average molecular weight is 229 g/mol. The molecular weight excluding hydrogens is 210 g/mol. The molecule has 1 unspecified atom stereocenters. The molecule has 1 atom stereocenters. The molecule has 2 rings (SSSR count). The van der Waals surface area contributed by atoms with Crippen LogP contribution in [0.2, 0.25) is 0 Å². The van der Waals surface area contributed by atoms with Gasteiger partial charge in [-0.3, -0.25) is 4.98 Å². The topological polar surface area (TPSA) is 43.8 Å². The van der Waals surface area contributed by atoms with Crippen molar-refractivity contribution in [3.63, 3.8) is 0 Å². The summed E-state index contributed by atoms with van der Waals surface area (Å²) in [6.45, 7) is 4.96. The minimum atomic E-state index is 0.194.